The van der Waals surface area contributed by atoms with Gasteiger partial charge in [-0.2, -0.15) is 0 Å². The monoisotopic (exact) mass is 594 g/mol. The molecule has 0 spiro atoms. The molecule has 4 atom stereocenters. The van der Waals surface area contributed by atoms with E-state index in [0.29, 0.717) is 46.1 Å². The molecule has 2 aliphatic heterocycles. The number of benzene rings is 2. The molecular weight excluding hydrogens is 556 g/mol. The van der Waals surface area contributed by atoms with E-state index in [1.165, 1.54) is 7.11 Å². The molecular formula is C32H38N2O9. The highest BCUT2D eigenvalue weighted by Gasteiger charge is 2.51. The number of hydrogen-bond donors (Lipinski definition) is 4. The zero-order chi connectivity index (χ0) is 30.5. The number of carbonyl (C=O) groups is 2. The summed E-state index contributed by atoms with van der Waals surface area (Å²) in [7, 11) is 1.48. The van der Waals surface area contributed by atoms with Crippen molar-refractivity contribution in [1.29, 1.82) is 0 Å². The van der Waals surface area contributed by atoms with E-state index in [9.17, 15) is 24.9 Å². The first-order chi connectivity index (χ1) is 20.9. The topological polar surface area (TPSA) is 147 Å². The second kappa shape index (κ2) is 13.5. The highest BCUT2D eigenvalue weighted by atomic mass is 16.7. The molecule has 0 radical (unpaired) electrons. The van der Waals surface area contributed by atoms with Crippen LogP contribution in [0, 0.1) is 0 Å². The molecule has 0 aromatic heterocycles. The number of rotatable bonds is 13. The normalized spacial score (nSPS) is 21.3. The van der Waals surface area contributed by atoms with Gasteiger partial charge in [-0.05, 0) is 60.7 Å². The van der Waals surface area contributed by atoms with E-state index < -0.39 is 30.1 Å². The predicted molar refractivity (Wildman–Crippen MR) is 156 cm³/mol. The number of nitrogens with one attached hydrogen (secondary N) is 1. The zero-order valence-electron chi connectivity index (χ0n) is 24.2. The number of nitrogens with zero attached hydrogens (tertiary/aromatic N) is 1. The van der Waals surface area contributed by atoms with Crippen molar-refractivity contribution < 1.29 is 43.9 Å². The van der Waals surface area contributed by atoms with Gasteiger partial charge in [-0.25, -0.2) is 0 Å². The SMILES string of the molecule is C=CCCCCC(=O)N(Cc1ccc2c(c1)OCO2)[C@@H]1C=C(C(=O)NCCO)[C@@H]2c3cc(CO)cc(OC)c3O[C@@H]2[C@H]1O. The summed E-state index contributed by atoms with van der Waals surface area (Å²) in [6, 6.07) is 7.89. The fourth-order valence-electron chi connectivity index (χ4n) is 5.92. The lowest BCUT2D eigenvalue weighted by molar-refractivity contribution is -0.138. The molecule has 3 aliphatic rings. The molecule has 0 saturated heterocycles. The van der Waals surface area contributed by atoms with Crippen molar-refractivity contribution >= 4 is 11.8 Å². The Morgan fingerprint density at radius 1 is 1.14 bits per heavy atom. The number of allylic oxidation sites excluding steroid dienone is 1. The van der Waals surface area contributed by atoms with Crippen LogP contribution in [0.2, 0.25) is 0 Å². The first-order valence-electron chi connectivity index (χ1n) is 14.5. The third-order valence-corrected chi connectivity index (χ3v) is 8.01. The molecule has 11 nitrogen and oxygen atoms in total. The Hall–Kier alpha value is -4.06. The quantitative estimate of drug-likeness (QED) is 0.203. The largest absolute Gasteiger partial charge is 0.493 e. The van der Waals surface area contributed by atoms with E-state index in [-0.39, 0.29) is 45.4 Å². The average molecular weight is 595 g/mol. The van der Waals surface area contributed by atoms with E-state index in [1.807, 2.05) is 12.1 Å². The second-order valence-corrected chi connectivity index (χ2v) is 10.8. The van der Waals surface area contributed by atoms with Gasteiger partial charge in [0.15, 0.2) is 23.0 Å². The standard InChI is InChI=1S/C32H38N2O9/c1-3-4-5-6-7-27(37)34(16-19-8-9-24-25(13-19)42-18-41-24)23-15-22(32(39)33-10-11-35)28-21-12-20(17-36)14-26(40-2)30(21)43-31(28)29(23)38/h3,8-9,12-15,23,28-29,31,35-36,38H,1,4-7,10-11,16-18H2,2H3,(H,33,39)/t23-,28+,29+,31+/m1/s1. The highest BCUT2D eigenvalue weighted by Crippen LogP contribution is 2.51. The Balaban J connectivity index is 1.55. The minimum absolute atomic E-state index is 0.0254. The van der Waals surface area contributed by atoms with E-state index in [0.717, 1.165) is 18.4 Å². The molecule has 2 aromatic carbocycles. The smallest absolute Gasteiger partial charge is 0.247 e. The van der Waals surface area contributed by atoms with E-state index in [2.05, 4.69) is 11.9 Å². The lowest BCUT2D eigenvalue weighted by Crippen LogP contribution is -2.55. The number of aliphatic hydroxyl groups is 3. The molecule has 2 amide bonds. The van der Waals surface area contributed by atoms with Gasteiger partial charge in [-0.3, -0.25) is 9.59 Å². The molecule has 230 valence electrons. The number of aliphatic hydroxyl groups excluding tert-OH is 3. The Morgan fingerprint density at radius 3 is 2.70 bits per heavy atom. The molecule has 43 heavy (non-hydrogen) atoms. The Kier molecular flexibility index (Phi) is 9.54. The van der Waals surface area contributed by atoms with E-state index in [4.69, 9.17) is 18.9 Å². The molecule has 0 unspecified atom stereocenters. The molecule has 4 N–H and O–H groups in total. The fraction of sp³-hybridized carbons (Fsp3) is 0.438. The second-order valence-electron chi connectivity index (χ2n) is 10.8. The third kappa shape index (κ3) is 6.20. The number of fused-ring (bicyclic) bond motifs is 4. The minimum Gasteiger partial charge on any atom is -0.493 e. The summed E-state index contributed by atoms with van der Waals surface area (Å²) < 4.78 is 22.8. The highest BCUT2D eigenvalue weighted by molar-refractivity contribution is 5.96. The Bertz CT molecular complexity index is 1390. The van der Waals surface area contributed by atoms with Crippen molar-refractivity contribution in [2.75, 3.05) is 27.1 Å². The van der Waals surface area contributed by atoms with Gasteiger partial charge in [0.1, 0.15) is 12.2 Å². The van der Waals surface area contributed by atoms with Crippen molar-refractivity contribution in [3.8, 4) is 23.0 Å². The van der Waals surface area contributed by atoms with Gasteiger partial charge < -0.3 is 44.5 Å². The maximum atomic E-state index is 13.8. The van der Waals surface area contributed by atoms with Gasteiger partial charge in [-0.1, -0.05) is 12.1 Å². The fourth-order valence-corrected chi connectivity index (χ4v) is 5.92. The molecule has 2 heterocycles. The summed E-state index contributed by atoms with van der Waals surface area (Å²) in [6.45, 7) is 3.52. The van der Waals surface area contributed by atoms with Gasteiger partial charge in [-0.15, -0.1) is 6.58 Å². The lowest BCUT2D eigenvalue weighted by atomic mass is 9.77. The summed E-state index contributed by atoms with van der Waals surface area (Å²) >= 11 is 0. The Labute approximate surface area is 250 Å². The van der Waals surface area contributed by atoms with Gasteiger partial charge in [0, 0.05) is 30.6 Å². The van der Waals surface area contributed by atoms with E-state index in [1.54, 1.807) is 35.2 Å². The van der Waals surface area contributed by atoms with Crippen molar-refractivity contribution in [3.63, 3.8) is 0 Å². The molecule has 0 bridgehead atoms. The summed E-state index contributed by atoms with van der Waals surface area (Å²) in [4.78, 5) is 28.9. The van der Waals surface area contributed by atoms with Gasteiger partial charge in [0.05, 0.1) is 32.3 Å². The van der Waals surface area contributed by atoms with Gasteiger partial charge in [0.25, 0.3) is 0 Å². The zero-order valence-corrected chi connectivity index (χ0v) is 24.2. The van der Waals surface area contributed by atoms with Crippen LogP contribution in [0.5, 0.6) is 23.0 Å². The number of ether oxygens (including phenoxy) is 4. The first kappa shape index (κ1) is 30.4. The van der Waals surface area contributed by atoms with Crippen molar-refractivity contribution in [2.45, 2.75) is 63.0 Å². The van der Waals surface area contributed by atoms with Crippen LogP contribution >= 0.6 is 0 Å². The summed E-state index contributed by atoms with van der Waals surface area (Å²) in [5.74, 6) is 0.580. The minimum atomic E-state index is -1.21. The molecule has 11 heteroatoms. The average Bonchev–Trinajstić information content (AvgIpc) is 3.65. The van der Waals surface area contributed by atoms with Crippen LogP contribution in [-0.2, 0) is 22.7 Å². The summed E-state index contributed by atoms with van der Waals surface area (Å²) in [5, 5.41) is 33.8. The molecule has 2 aromatic rings. The van der Waals surface area contributed by atoms with Crippen molar-refractivity contribution in [3.05, 3.63) is 71.3 Å². The number of amides is 2. The number of methoxy groups -OCH3 is 1. The maximum absolute atomic E-state index is 13.8. The Morgan fingerprint density at radius 2 is 1.95 bits per heavy atom. The van der Waals surface area contributed by atoms with Crippen LogP contribution in [0.1, 0.15) is 48.3 Å². The van der Waals surface area contributed by atoms with Crippen LogP contribution in [0.3, 0.4) is 0 Å². The first-order valence-corrected chi connectivity index (χ1v) is 14.5. The van der Waals surface area contributed by atoms with Crippen LogP contribution in [0.4, 0.5) is 0 Å². The van der Waals surface area contributed by atoms with Gasteiger partial charge >= 0.3 is 0 Å². The molecule has 5 rings (SSSR count). The van der Waals surface area contributed by atoms with Crippen LogP contribution < -0.4 is 24.3 Å². The summed E-state index contributed by atoms with van der Waals surface area (Å²) in [6.07, 6.45) is 3.76. The van der Waals surface area contributed by atoms with Crippen LogP contribution in [-0.4, -0.2) is 77.3 Å². The lowest BCUT2D eigenvalue weighted by Gasteiger charge is -2.41. The molecule has 0 fully saturated rings. The predicted octanol–water partition coefficient (Wildman–Crippen LogP) is 2.31. The number of hydrogen-bond acceptors (Lipinski definition) is 9. The van der Waals surface area contributed by atoms with E-state index >= 15 is 0 Å². The van der Waals surface area contributed by atoms with Gasteiger partial charge in [0.2, 0.25) is 18.6 Å². The van der Waals surface area contributed by atoms with Crippen molar-refractivity contribution in [2.24, 2.45) is 0 Å². The van der Waals surface area contributed by atoms with Crippen molar-refractivity contribution in [1.82, 2.24) is 10.2 Å². The van der Waals surface area contributed by atoms with Crippen LogP contribution in [0.15, 0.2) is 54.6 Å². The number of carbonyl (C=O) groups excluding carboxylic acids is 2. The maximum Gasteiger partial charge on any atom is 0.247 e. The molecule has 1 aliphatic carbocycles. The number of unbranched alkanes of at least 4 members (excludes halogenated alkanes) is 2. The van der Waals surface area contributed by atoms with Crippen LogP contribution in [0.25, 0.3) is 0 Å². The summed E-state index contributed by atoms with van der Waals surface area (Å²) in [5.41, 5.74) is 2.21. The molecule has 0 saturated carbocycles. The third-order valence-electron chi connectivity index (χ3n) is 8.01.